The van der Waals surface area contributed by atoms with Crippen LogP contribution < -0.4 is 10.6 Å². The van der Waals surface area contributed by atoms with Crippen LogP contribution in [0.25, 0.3) is 0 Å². The Bertz CT molecular complexity index is 578. The van der Waals surface area contributed by atoms with E-state index >= 15 is 0 Å². The van der Waals surface area contributed by atoms with Gasteiger partial charge in [-0.2, -0.15) is 0 Å². The van der Waals surface area contributed by atoms with Gasteiger partial charge in [0.05, 0.1) is 16.8 Å². The lowest BCUT2D eigenvalue weighted by molar-refractivity contribution is -0.129. The van der Waals surface area contributed by atoms with Crippen molar-refractivity contribution in [1.29, 1.82) is 0 Å². The molecule has 0 aliphatic carbocycles. The first-order chi connectivity index (χ1) is 10.3. The minimum Gasteiger partial charge on any atom is -0.338 e. The number of halogens is 1. The number of urea groups is 1. The van der Waals surface area contributed by atoms with Crippen LogP contribution in [0.3, 0.4) is 0 Å². The maximum absolute atomic E-state index is 12.1. The summed E-state index contributed by atoms with van der Waals surface area (Å²) in [4.78, 5) is 25.7. The lowest BCUT2D eigenvalue weighted by Gasteiger charge is -2.21. The largest absolute Gasteiger partial charge is 0.338 e. The van der Waals surface area contributed by atoms with Crippen molar-refractivity contribution in [3.8, 4) is 0 Å². The summed E-state index contributed by atoms with van der Waals surface area (Å²) in [5, 5.41) is 6.13. The molecule has 1 fully saturated rings. The fraction of sp³-hybridized carbons (Fsp3) is 0.500. The molecule has 0 aromatic heterocycles. The number of carbonyl (C=O) groups excluding carboxylic acids is 2. The van der Waals surface area contributed by atoms with Gasteiger partial charge in [-0.3, -0.25) is 4.79 Å². The Hall–Kier alpha value is -1.75. The Balaban J connectivity index is 1.99. The van der Waals surface area contributed by atoms with E-state index in [9.17, 15) is 9.59 Å². The summed E-state index contributed by atoms with van der Waals surface area (Å²) in [5.41, 5.74) is 2.56. The Kier molecular flexibility index (Phi) is 4.96. The maximum Gasteiger partial charge on any atom is 0.319 e. The van der Waals surface area contributed by atoms with Gasteiger partial charge < -0.3 is 15.5 Å². The molecule has 1 aromatic carbocycles. The van der Waals surface area contributed by atoms with Gasteiger partial charge in [0.25, 0.3) is 0 Å². The van der Waals surface area contributed by atoms with Gasteiger partial charge in [-0.1, -0.05) is 17.7 Å². The van der Waals surface area contributed by atoms with Crippen LogP contribution in [-0.4, -0.2) is 35.5 Å². The van der Waals surface area contributed by atoms with Crippen LogP contribution >= 0.6 is 11.6 Å². The number of aryl methyl sites for hydroxylation is 2. The normalized spacial score (nSPS) is 18.0. The SMILES string of the molecule is Cc1cc(C)c(NC(=O)NC2CC(=O)N(C(C)C)C2)c(Cl)c1. The van der Waals surface area contributed by atoms with Crippen LogP contribution in [0.15, 0.2) is 12.1 Å². The Morgan fingerprint density at radius 3 is 2.59 bits per heavy atom. The Morgan fingerprint density at radius 2 is 2.05 bits per heavy atom. The van der Waals surface area contributed by atoms with Gasteiger partial charge in [-0.25, -0.2) is 4.79 Å². The molecule has 0 bridgehead atoms. The van der Waals surface area contributed by atoms with E-state index < -0.39 is 0 Å². The van der Waals surface area contributed by atoms with Crippen LogP contribution in [-0.2, 0) is 4.79 Å². The number of nitrogens with zero attached hydrogens (tertiary/aromatic N) is 1. The summed E-state index contributed by atoms with van der Waals surface area (Å²) < 4.78 is 0. The minimum absolute atomic E-state index is 0.0739. The third-order valence-electron chi connectivity index (χ3n) is 3.79. The van der Waals surface area contributed by atoms with Crippen molar-refractivity contribution >= 4 is 29.2 Å². The van der Waals surface area contributed by atoms with E-state index in [2.05, 4.69) is 10.6 Å². The smallest absolute Gasteiger partial charge is 0.319 e. The maximum atomic E-state index is 12.1. The zero-order chi connectivity index (χ0) is 16.4. The van der Waals surface area contributed by atoms with Crippen molar-refractivity contribution in [1.82, 2.24) is 10.2 Å². The summed E-state index contributed by atoms with van der Waals surface area (Å²) >= 11 is 6.18. The van der Waals surface area contributed by atoms with E-state index in [0.29, 0.717) is 23.7 Å². The average molecular weight is 324 g/mol. The average Bonchev–Trinajstić information content (AvgIpc) is 2.74. The number of amides is 3. The molecule has 0 spiro atoms. The van der Waals surface area contributed by atoms with Gasteiger partial charge in [-0.15, -0.1) is 0 Å². The topological polar surface area (TPSA) is 61.4 Å². The molecule has 1 aliphatic rings. The molecule has 2 N–H and O–H groups in total. The fourth-order valence-electron chi connectivity index (χ4n) is 2.74. The molecular weight excluding hydrogens is 302 g/mol. The van der Waals surface area contributed by atoms with Gasteiger partial charge >= 0.3 is 6.03 Å². The molecule has 1 aromatic rings. The minimum atomic E-state index is -0.336. The fourth-order valence-corrected chi connectivity index (χ4v) is 3.10. The summed E-state index contributed by atoms with van der Waals surface area (Å²) in [6.45, 7) is 8.33. The number of rotatable bonds is 3. The van der Waals surface area contributed by atoms with E-state index in [1.165, 1.54) is 0 Å². The standard InChI is InChI=1S/C16H22ClN3O2/c1-9(2)20-8-12(7-14(20)21)18-16(22)19-15-11(4)5-10(3)6-13(15)17/h5-6,9,12H,7-8H2,1-4H3,(H2,18,19,22). The van der Waals surface area contributed by atoms with Crippen molar-refractivity contribution in [2.24, 2.45) is 0 Å². The van der Waals surface area contributed by atoms with Gasteiger partial charge in [0, 0.05) is 19.0 Å². The second-order valence-corrected chi connectivity index (χ2v) is 6.49. The van der Waals surface area contributed by atoms with Crippen LogP contribution in [0.4, 0.5) is 10.5 Å². The van der Waals surface area contributed by atoms with Gasteiger partial charge in [0.1, 0.15) is 0 Å². The highest BCUT2D eigenvalue weighted by molar-refractivity contribution is 6.34. The van der Waals surface area contributed by atoms with Crippen molar-refractivity contribution in [2.75, 3.05) is 11.9 Å². The summed E-state index contributed by atoms with van der Waals surface area (Å²) in [7, 11) is 0. The number of hydrogen-bond donors (Lipinski definition) is 2. The molecule has 1 heterocycles. The third-order valence-corrected chi connectivity index (χ3v) is 4.09. The Labute approximate surface area is 136 Å². The highest BCUT2D eigenvalue weighted by atomic mass is 35.5. The summed E-state index contributed by atoms with van der Waals surface area (Å²) in [6.07, 6.45) is 0.339. The van der Waals surface area contributed by atoms with Crippen LogP contribution in [0, 0.1) is 13.8 Å². The summed E-state index contributed by atoms with van der Waals surface area (Å²) in [5.74, 6) is 0.0739. The van der Waals surface area contributed by atoms with Crippen molar-refractivity contribution < 1.29 is 9.59 Å². The van der Waals surface area contributed by atoms with E-state index in [4.69, 9.17) is 11.6 Å². The number of hydrogen-bond acceptors (Lipinski definition) is 2. The first-order valence-corrected chi connectivity index (χ1v) is 7.79. The van der Waals surface area contributed by atoms with Gasteiger partial charge in [-0.05, 0) is 44.9 Å². The molecule has 1 unspecified atom stereocenters. The summed E-state index contributed by atoms with van der Waals surface area (Å²) in [6, 6.07) is 3.41. The zero-order valence-corrected chi connectivity index (χ0v) is 14.1. The second kappa shape index (κ2) is 6.57. The van der Waals surface area contributed by atoms with Crippen LogP contribution in [0.2, 0.25) is 5.02 Å². The predicted molar refractivity (Wildman–Crippen MR) is 88.3 cm³/mol. The van der Waals surface area contributed by atoms with Crippen molar-refractivity contribution in [2.45, 2.75) is 46.2 Å². The monoisotopic (exact) mass is 323 g/mol. The van der Waals surface area contributed by atoms with Crippen LogP contribution in [0.1, 0.15) is 31.4 Å². The zero-order valence-electron chi connectivity index (χ0n) is 13.4. The molecule has 2 rings (SSSR count). The lowest BCUT2D eigenvalue weighted by Crippen LogP contribution is -2.41. The first kappa shape index (κ1) is 16.6. The number of likely N-dealkylation sites (tertiary alicyclic amines) is 1. The molecule has 120 valence electrons. The molecule has 6 heteroatoms. The molecule has 5 nitrogen and oxygen atoms in total. The number of benzene rings is 1. The molecule has 0 saturated carbocycles. The molecule has 1 aliphatic heterocycles. The van der Waals surface area contributed by atoms with E-state index in [-0.39, 0.29) is 24.0 Å². The predicted octanol–water partition coefficient (Wildman–Crippen LogP) is 3.09. The van der Waals surface area contributed by atoms with Gasteiger partial charge in [0.15, 0.2) is 0 Å². The highest BCUT2D eigenvalue weighted by Gasteiger charge is 2.32. The third kappa shape index (κ3) is 3.71. The Morgan fingerprint density at radius 1 is 1.36 bits per heavy atom. The van der Waals surface area contributed by atoms with Crippen LogP contribution in [0.5, 0.6) is 0 Å². The highest BCUT2D eigenvalue weighted by Crippen LogP contribution is 2.27. The van der Waals surface area contributed by atoms with E-state index in [0.717, 1.165) is 11.1 Å². The molecule has 0 radical (unpaired) electrons. The molecule has 1 saturated heterocycles. The van der Waals surface area contributed by atoms with E-state index in [1.807, 2.05) is 39.8 Å². The van der Waals surface area contributed by atoms with Gasteiger partial charge in [0.2, 0.25) is 5.91 Å². The molecule has 22 heavy (non-hydrogen) atoms. The lowest BCUT2D eigenvalue weighted by atomic mass is 10.1. The molecule has 3 amide bonds. The van der Waals surface area contributed by atoms with E-state index in [1.54, 1.807) is 4.90 Å². The number of anilines is 1. The molecular formula is C16H22ClN3O2. The number of carbonyl (C=O) groups is 2. The molecule has 1 atom stereocenters. The second-order valence-electron chi connectivity index (χ2n) is 6.08. The van der Waals surface area contributed by atoms with Crippen molar-refractivity contribution in [3.63, 3.8) is 0 Å². The first-order valence-electron chi connectivity index (χ1n) is 7.41. The van der Waals surface area contributed by atoms with Crippen molar-refractivity contribution in [3.05, 3.63) is 28.3 Å². The number of nitrogens with one attached hydrogen (secondary N) is 2. The quantitative estimate of drug-likeness (QED) is 0.898.